The summed E-state index contributed by atoms with van der Waals surface area (Å²) < 4.78 is 0. The molecule has 0 atom stereocenters. The number of aromatic hydroxyl groups is 2. The molecule has 0 aliphatic heterocycles. The summed E-state index contributed by atoms with van der Waals surface area (Å²) in [6.07, 6.45) is 0. The molecular weight excluding hydrogens is 408 g/mol. The maximum atomic E-state index is 10.2. The van der Waals surface area contributed by atoms with Crippen LogP contribution in [0.15, 0.2) is 72.8 Å². The Hall–Kier alpha value is -2.90. The van der Waals surface area contributed by atoms with Crippen molar-refractivity contribution in [1.82, 2.24) is 0 Å². The molecular formula is C26H32O6. The minimum Gasteiger partial charge on any atom is -0.508 e. The topological polar surface area (TPSA) is 121 Å². The molecule has 3 aromatic carbocycles. The Bertz CT molecular complexity index is 946. The minimum atomic E-state index is -1.11. The van der Waals surface area contributed by atoms with E-state index in [4.69, 9.17) is 20.4 Å². The smallest absolute Gasteiger partial charge is 0.123 e. The lowest BCUT2D eigenvalue weighted by atomic mass is 9.77. The van der Waals surface area contributed by atoms with E-state index in [2.05, 4.69) is 13.8 Å². The fraction of sp³-hybridized carbons (Fsp3) is 0.308. The van der Waals surface area contributed by atoms with E-state index in [1.165, 1.54) is 0 Å². The van der Waals surface area contributed by atoms with Crippen LogP contribution < -0.4 is 0 Å². The lowest BCUT2D eigenvalue weighted by Gasteiger charge is -2.27. The van der Waals surface area contributed by atoms with Crippen LogP contribution >= 0.6 is 0 Å². The van der Waals surface area contributed by atoms with Gasteiger partial charge in [0, 0.05) is 11.0 Å². The van der Waals surface area contributed by atoms with Crippen molar-refractivity contribution in [2.45, 2.75) is 19.3 Å². The van der Waals surface area contributed by atoms with Crippen molar-refractivity contribution in [3.63, 3.8) is 0 Å². The summed E-state index contributed by atoms with van der Waals surface area (Å²) in [5.41, 5.74) is 2.70. The summed E-state index contributed by atoms with van der Waals surface area (Å²) in [6, 6.07) is 22.9. The van der Waals surface area contributed by atoms with Gasteiger partial charge in [-0.05, 0) is 41.0 Å². The molecule has 0 radical (unpaired) electrons. The number of hydrogen-bond donors (Lipinski definition) is 6. The molecule has 0 saturated heterocycles. The monoisotopic (exact) mass is 440 g/mol. The Balaban J connectivity index is 0.000000344. The summed E-state index contributed by atoms with van der Waals surface area (Å²) in [6.45, 7) is 2.65. The third-order valence-corrected chi connectivity index (χ3v) is 5.73. The highest BCUT2D eigenvalue weighted by Crippen LogP contribution is 2.37. The van der Waals surface area contributed by atoms with Crippen molar-refractivity contribution in [2.24, 2.45) is 5.41 Å². The van der Waals surface area contributed by atoms with E-state index in [9.17, 15) is 10.2 Å². The molecule has 3 aromatic rings. The van der Waals surface area contributed by atoms with Crippen LogP contribution in [0.5, 0.6) is 11.5 Å². The molecule has 3 rings (SSSR count). The normalized spacial score (nSPS) is 11.6. The molecule has 172 valence electrons. The first kappa shape index (κ1) is 25.4. The van der Waals surface area contributed by atoms with Crippen LogP contribution in [-0.2, 0) is 5.41 Å². The highest BCUT2D eigenvalue weighted by atomic mass is 16.3. The van der Waals surface area contributed by atoms with Gasteiger partial charge in [0.05, 0.1) is 31.8 Å². The third kappa shape index (κ3) is 5.87. The lowest BCUT2D eigenvalue weighted by molar-refractivity contribution is -0.0328. The molecule has 0 aliphatic carbocycles. The molecule has 0 spiro atoms. The Morgan fingerprint density at radius 3 is 1.59 bits per heavy atom. The quantitative estimate of drug-likeness (QED) is 0.336. The minimum absolute atomic E-state index is 0.231. The molecule has 0 bridgehead atoms. The van der Waals surface area contributed by atoms with Gasteiger partial charge in [0.25, 0.3) is 0 Å². The standard InChI is InChI=1S/C21H20O2.C5H12O4/c1-21(2,16-8-11-18(22)12-9-16)17-10-13-20(23)19(14-17)15-6-4-3-5-7-15;6-1-5(2-7,3-8)4-9/h3-14,22-23H,1-2H3;6-9H,1-4H2. The molecule has 6 nitrogen and oxygen atoms in total. The number of hydrogen-bond acceptors (Lipinski definition) is 6. The maximum Gasteiger partial charge on any atom is 0.123 e. The predicted molar refractivity (Wildman–Crippen MR) is 125 cm³/mol. The van der Waals surface area contributed by atoms with E-state index >= 15 is 0 Å². The molecule has 6 heteroatoms. The van der Waals surface area contributed by atoms with Crippen molar-refractivity contribution >= 4 is 0 Å². The molecule has 32 heavy (non-hydrogen) atoms. The van der Waals surface area contributed by atoms with E-state index in [-0.39, 0.29) is 16.9 Å². The summed E-state index contributed by atoms with van der Waals surface area (Å²) in [5.74, 6) is 0.543. The Kier molecular flexibility index (Phi) is 8.80. The van der Waals surface area contributed by atoms with Crippen molar-refractivity contribution in [3.05, 3.63) is 83.9 Å². The van der Waals surface area contributed by atoms with E-state index < -0.39 is 31.8 Å². The third-order valence-electron chi connectivity index (χ3n) is 5.73. The number of aliphatic hydroxyl groups excluding tert-OH is 4. The van der Waals surface area contributed by atoms with Crippen LogP contribution in [0.1, 0.15) is 25.0 Å². The lowest BCUT2D eigenvalue weighted by Crippen LogP contribution is -2.37. The number of phenolic OH excluding ortho intramolecular Hbond substituents is 2. The highest BCUT2D eigenvalue weighted by molar-refractivity contribution is 5.71. The first-order valence-corrected chi connectivity index (χ1v) is 10.3. The van der Waals surface area contributed by atoms with Crippen LogP contribution in [0, 0.1) is 5.41 Å². The largest absolute Gasteiger partial charge is 0.508 e. The second-order valence-electron chi connectivity index (χ2n) is 8.40. The van der Waals surface area contributed by atoms with Gasteiger partial charge in [0.2, 0.25) is 0 Å². The summed E-state index contributed by atoms with van der Waals surface area (Å²) in [5, 5.41) is 53.7. The van der Waals surface area contributed by atoms with E-state index in [0.29, 0.717) is 0 Å². The average Bonchev–Trinajstić information content (AvgIpc) is 2.82. The van der Waals surface area contributed by atoms with Crippen molar-refractivity contribution in [3.8, 4) is 22.6 Å². The molecule has 0 amide bonds. The zero-order valence-electron chi connectivity index (χ0n) is 18.4. The van der Waals surface area contributed by atoms with Crippen LogP contribution in [0.3, 0.4) is 0 Å². The molecule has 0 unspecified atom stereocenters. The maximum absolute atomic E-state index is 10.2. The van der Waals surface area contributed by atoms with Gasteiger partial charge >= 0.3 is 0 Å². The molecule has 0 saturated carbocycles. The fourth-order valence-electron chi connectivity index (χ4n) is 3.12. The van der Waals surface area contributed by atoms with Gasteiger partial charge < -0.3 is 30.6 Å². The van der Waals surface area contributed by atoms with E-state index in [1.807, 2.05) is 54.6 Å². The van der Waals surface area contributed by atoms with Crippen LogP contribution in [0.2, 0.25) is 0 Å². The van der Waals surface area contributed by atoms with Crippen molar-refractivity contribution in [1.29, 1.82) is 0 Å². The SMILES string of the molecule is CC(C)(c1ccc(O)cc1)c1ccc(O)c(-c2ccccc2)c1.OCC(CO)(CO)CO. The van der Waals surface area contributed by atoms with Gasteiger partial charge in [-0.3, -0.25) is 0 Å². The Morgan fingerprint density at radius 1 is 0.625 bits per heavy atom. The van der Waals surface area contributed by atoms with Gasteiger partial charge in [-0.15, -0.1) is 0 Å². The zero-order valence-corrected chi connectivity index (χ0v) is 18.4. The molecule has 0 aromatic heterocycles. The number of aliphatic hydroxyl groups is 4. The van der Waals surface area contributed by atoms with Gasteiger partial charge in [0.15, 0.2) is 0 Å². The van der Waals surface area contributed by atoms with Gasteiger partial charge in [0.1, 0.15) is 11.5 Å². The Morgan fingerprint density at radius 2 is 1.12 bits per heavy atom. The molecule has 0 fully saturated rings. The van der Waals surface area contributed by atoms with Gasteiger partial charge in [-0.25, -0.2) is 0 Å². The van der Waals surface area contributed by atoms with Crippen LogP contribution in [0.25, 0.3) is 11.1 Å². The van der Waals surface area contributed by atoms with E-state index in [1.54, 1.807) is 18.2 Å². The number of rotatable bonds is 7. The second kappa shape index (κ2) is 11.1. The summed E-state index contributed by atoms with van der Waals surface area (Å²) in [7, 11) is 0. The van der Waals surface area contributed by atoms with Gasteiger partial charge in [-0.2, -0.15) is 0 Å². The van der Waals surface area contributed by atoms with Gasteiger partial charge in [-0.1, -0.05) is 62.4 Å². The number of benzene rings is 3. The Labute approximate surface area is 188 Å². The first-order chi connectivity index (χ1) is 15.2. The molecule has 0 heterocycles. The van der Waals surface area contributed by atoms with Crippen molar-refractivity contribution < 1.29 is 30.6 Å². The summed E-state index contributed by atoms with van der Waals surface area (Å²) >= 11 is 0. The number of phenols is 2. The molecule has 0 aliphatic rings. The summed E-state index contributed by atoms with van der Waals surface area (Å²) in [4.78, 5) is 0. The molecule has 6 N–H and O–H groups in total. The zero-order chi connectivity index (χ0) is 23.8. The first-order valence-electron chi connectivity index (χ1n) is 10.3. The average molecular weight is 441 g/mol. The predicted octanol–water partition coefficient (Wildman–Crippen LogP) is 3.03. The van der Waals surface area contributed by atoms with Crippen LogP contribution in [0.4, 0.5) is 0 Å². The van der Waals surface area contributed by atoms with Crippen molar-refractivity contribution in [2.75, 3.05) is 26.4 Å². The fourth-order valence-corrected chi connectivity index (χ4v) is 3.12. The second-order valence-corrected chi connectivity index (χ2v) is 8.40. The van der Waals surface area contributed by atoms with E-state index in [0.717, 1.165) is 22.3 Å². The highest BCUT2D eigenvalue weighted by Gasteiger charge is 2.26. The van der Waals surface area contributed by atoms with Crippen LogP contribution in [-0.4, -0.2) is 57.1 Å².